The zero-order valence-corrected chi connectivity index (χ0v) is 12.0. The number of rotatable bonds is 5. The van der Waals surface area contributed by atoms with E-state index in [2.05, 4.69) is 15.0 Å². The van der Waals surface area contributed by atoms with Crippen molar-refractivity contribution >= 4 is 0 Å². The lowest BCUT2D eigenvalue weighted by molar-refractivity contribution is -0.174. The van der Waals surface area contributed by atoms with Crippen molar-refractivity contribution in [3.63, 3.8) is 0 Å². The van der Waals surface area contributed by atoms with Crippen LogP contribution in [0.4, 0.5) is 13.2 Å². The van der Waals surface area contributed by atoms with Gasteiger partial charge in [-0.3, -0.25) is 0 Å². The zero-order valence-electron chi connectivity index (χ0n) is 12.0. The van der Waals surface area contributed by atoms with Gasteiger partial charge >= 0.3 is 6.18 Å². The molecule has 0 amide bonds. The second-order valence-corrected chi connectivity index (χ2v) is 6.07. The third-order valence-corrected chi connectivity index (χ3v) is 4.27. The lowest BCUT2D eigenvalue weighted by Gasteiger charge is -2.33. The Morgan fingerprint density at radius 3 is 2.60 bits per heavy atom. The van der Waals surface area contributed by atoms with E-state index in [4.69, 9.17) is 0 Å². The van der Waals surface area contributed by atoms with Gasteiger partial charge in [0, 0.05) is 25.2 Å². The minimum atomic E-state index is -4.21. The summed E-state index contributed by atoms with van der Waals surface area (Å²) in [5.74, 6) is 0. The molecule has 1 N–H and O–H groups in total. The summed E-state index contributed by atoms with van der Waals surface area (Å²) in [6.45, 7) is 3.03. The van der Waals surface area contributed by atoms with Crippen molar-refractivity contribution in [2.75, 3.05) is 39.4 Å². The van der Waals surface area contributed by atoms with E-state index in [9.17, 15) is 13.2 Å². The summed E-state index contributed by atoms with van der Waals surface area (Å²) in [5.41, 5.74) is 0.267. The van der Waals surface area contributed by atoms with Gasteiger partial charge in [-0.15, -0.1) is 0 Å². The first-order valence-electron chi connectivity index (χ1n) is 7.61. The van der Waals surface area contributed by atoms with Crippen LogP contribution in [0, 0.1) is 0 Å². The van der Waals surface area contributed by atoms with Crippen LogP contribution >= 0.6 is 0 Å². The maximum Gasteiger partial charge on any atom is 0.411 e. The SMILES string of the molecule is FC(F)(F)COCCCN1CCCNC2(CCCC2)C1. The quantitative estimate of drug-likeness (QED) is 0.789. The molecular weight excluding hydrogens is 269 g/mol. The molecule has 6 heteroatoms. The monoisotopic (exact) mass is 294 g/mol. The summed E-state index contributed by atoms with van der Waals surface area (Å²) in [6.07, 6.45) is 2.62. The highest BCUT2D eigenvalue weighted by Gasteiger charge is 2.36. The van der Waals surface area contributed by atoms with Crippen LogP contribution in [0.25, 0.3) is 0 Å². The molecule has 20 heavy (non-hydrogen) atoms. The predicted molar refractivity (Wildman–Crippen MR) is 71.7 cm³/mol. The van der Waals surface area contributed by atoms with Crippen molar-refractivity contribution in [3.05, 3.63) is 0 Å². The van der Waals surface area contributed by atoms with Crippen molar-refractivity contribution in [2.24, 2.45) is 0 Å². The molecule has 0 unspecified atom stereocenters. The van der Waals surface area contributed by atoms with Gasteiger partial charge in [-0.05, 0) is 38.8 Å². The first kappa shape index (κ1) is 16.0. The maximum absolute atomic E-state index is 11.9. The Morgan fingerprint density at radius 2 is 1.90 bits per heavy atom. The van der Waals surface area contributed by atoms with Crippen molar-refractivity contribution in [3.8, 4) is 0 Å². The van der Waals surface area contributed by atoms with Crippen molar-refractivity contribution in [1.82, 2.24) is 10.2 Å². The summed E-state index contributed by atoms with van der Waals surface area (Å²) in [6, 6.07) is 0. The molecule has 0 aromatic carbocycles. The zero-order chi connectivity index (χ0) is 14.5. The third-order valence-electron chi connectivity index (χ3n) is 4.27. The fraction of sp³-hybridized carbons (Fsp3) is 1.00. The number of hydrogen-bond donors (Lipinski definition) is 1. The van der Waals surface area contributed by atoms with E-state index in [1.54, 1.807) is 0 Å². The van der Waals surface area contributed by atoms with E-state index in [-0.39, 0.29) is 12.1 Å². The van der Waals surface area contributed by atoms with E-state index in [1.807, 2.05) is 0 Å². The van der Waals surface area contributed by atoms with Crippen molar-refractivity contribution in [1.29, 1.82) is 0 Å². The molecule has 2 fully saturated rings. The second-order valence-electron chi connectivity index (χ2n) is 6.07. The van der Waals surface area contributed by atoms with Crippen LogP contribution in [-0.4, -0.2) is 56.0 Å². The predicted octanol–water partition coefficient (Wildman–Crippen LogP) is 2.56. The highest BCUT2D eigenvalue weighted by Crippen LogP contribution is 2.31. The smallest absolute Gasteiger partial charge is 0.372 e. The van der Waals surface area contributed by atoms with Gasteiger partial charge in [-0.1, -0.05) is 12.8 Å². The minimum absolute atomic E-state index is 0.191. The average molecular weight is 294 g/mol. The molecule has 3 nitrogen and oxygen atoms in total. The molecule has 1 saturated carbocycles. The van der Waals surface area contributed by atoms with Crippen LogP contribution in [-0.2, 0) is 4.74 Å². The van der Waals surface area contributed by atoms with E-state index in [0.717, 1.165) is 32.6 Å². The van der Waals surface area contributed by atoms with Crippen LogP contribution < -0.4 is 5.32 Å². The fourth-order valence-electron chi connectivity index (χ4n) is 3.37. The average Bonchev–Trinajstić information content (AvgIpc) is 2.70. The summed E-state index contributed by atoms with van der Waals surface area (Å²) in [4.78, 5) is 2.39. The summed E-state index contributed by atoms with van der Waals surface area (Å²) >= 11 is 0. The molecule has 2 aliphatic rings. The van der Waals surface area contributed by atoms with Gasteiger partial charge in [-0.2, -0.15) is 13.2 Å². The molecule has 1 heterocycles. The van der Waals surface area contributed by atoms with Crippen LogP contribution in [0.3, 0.4) is 0 Å². The Bertz CT molecular complexity index is 291. The molecule has 0 aromatic rings. The largest absolute Gasteiger partial charge is 0.411 e. The number of hydrogen-bond acceptors (Lipinski definition) is 3. The second kappa shape index (κ2) is 7.09. The molecule has 0 radical (unpaired) electrons. The standard InChI is InChI=1S/C14H25F3N2O/c15-14(16,17)12-20-10-4-9-19-8-3-7-18-13(11-19)5-1-2-6-13/h18H,1-12H2. The molecule has 1 saturated heterocycles. The van der Waals surface area contributed by atoms with Crippen molar-refractivity contribution < 1.29 is 17.9 Å². The Kier molecular flexibility index (Phi) is 5.69. The first-order chi connectivity index (χ1) is 9.49. The first-order valence-corrected chi connectivity index (χ1v) is 7.61. The minimum Gasteiger partial charge on any atom is -0.372 e. The van der Waals surface area contributed by atoms with Gasteiger partial charge in [0.25, 0.3) is 0 Å². The Labute approximate surface area is 118 Å². The van der Waals surface area contributed by atoms with Crippen molar-refractivity contribution in [2.45, 2.75) is 50.2 Å². The van der Waals surface area contributed by atoms with E-state index in [1.165, 1.54) is 25.7 Å². The summed E-state index contributed by atoms with van der Waals surface area (Å²) in [7, 11) is 0. The third kappa shape index (κ3) is 5.22. The highest BCUT2D eigenvalue weighted by molar-refractivity contribution is 4.96. The van der Waals surface area contributed by atoms with E-state index in [0.29, 0.717) is 6.42 Å². The number of ether oxygens (including phenoxy) is 1. The van der Waals surface area contributed by atoms with Crippen LogP contribution in [0.1, 0.15) is 38.5 Å². The van der Waals surface area contributed by atoms with Crippen LogP contribution in [0.2, 0.25) is 0 Å². The Balaban J connectivity index is 1.66. The molecule has 1 aliphatic carbocycles. The summed E-state index contributed by atoms with van der Waals surface area (Å²) < 4.78 is 40.5. The molecular formula is C14H25F3N2O. The van der Waals surface area contributed by atoms with Crippen LogP contribution in [0.15, 0.2) is 0 Å². The normalized spacial score (nSPS) is 24.1. The molecule has 0 atom stereocenters. The number of alkyl halides is 3. The lowest BCUT2D eigenvalue weighted by atomic mass is 9.97. The van der Waals surface area contributed by atoms with Gasteiger partial charge in [-0.25, -0.2) is 0 Å². The molecule has 0 aromatic heterocycles. The molecule has 2 rings (SSSR count). The number of nitrogens with one attached hydrogen (secondary N) is 1. The Morgan fingerprint density at radius 1 is 1.15 bits per heavy atom. The summed E-state index contributed by atoms with van der Waals surface area (Å²) in [5, 5.41) is 3.69. The topological polar surface area (TPSA) is 24.5 Å². The fourth-order valence-corrected chi connectivity index (χ4v) is 3.37. The van der Waals surface area contributed by atoms with E-state index < -0.39 is 12.8 Å². The molecule has 1 spiro atoms. The van der Waals surface area contributed by atoms with Gasteiger partial charge in [0.1, 0.15) is 6.61 Å². The number of nitrogens with zero attached hydrogens (tertiary/aromatic N) is 1. The van der Waals surface area contributed by atoms with Crippen LogP contribution in [0.5, 0.6) is 0 Å². The molecule has 0 bridgehead atoms. The lowest BCUT2D eigenvalue weighted by Crippen LogP contribution is -2.49. The number of halogens is 3. The van der Waals surface area contributed by atoms with Gasteiger partial charge in [0.15, 0.2) is 0 Å². The molecule has 1 aliphatic heterocycles. The Hall–Kier alpha value is -0.330. The van der Waals surface area contributed by atoms with Gasteiger partial charge in [0.2, 0.25) is 0 Å². The van der Waals surface area contributed by atoms with Gasteiger partial charge in [0.05, 0.1) is 0 Å². The molecule has 118 valence electrons. The maximum atomic E-state index is 11.9. The highest BCUT2D eigenvalue weighted by atomic mass is 19.4. The van der Waals surface area contributed by atoms with E-state index >= 15 is 0 Å². The van der Waals surface area contributed by atoms with Gasteiger partial charge < -0.3 is 15.0 Å².